The van der Waals surface area contributed by atoms with Crippen molar-refractivity contribution in [3.8, 4) is 0 Å². The first kappa shape index (κ1) is 13.1. The summed E-state index contributed by atoms with van der Waals surface area (Å²) in [6, 6.07) is 12.0. The summed E-state index contributed by atoms with van der Waals surface area (Å²) in [6.07, 6.45) is -0.179. The molecule has 4 heteroatoms. The lowest BCUT2D eigenvalue weighted by Gasteiger charge is -2.09. The summed E-state index contributed by atoms with van der Waals surface area (Å²) in [5, 5.41) is 11.6. The second kappa shape index (κ2) is 5.52. The third kappa shape index (κ3) is 3.55. The number of rotatable bonds is 4. The van der Waals surface area contributed by atoms with Gasteiger partial charge in [-0.05, 0) is 42.3 Å². The van der Waals surface area contributed by atoms with E-state index in [1.807, 2.05) is 31.2 Å². The fourth-order valence-corrected chi connectivity index (χ4v) is 1.82. The molecule has 0 unspecified atom stereocenters. The molecule has 0 fully saturated rings. The maximum Gasteiger partial charge on any atom is 0.307 e. The smallest absolute Gasteiger partial charge is 0.307 e. The van der Waals surface area contributed by atoms with Crippen molar-refractivity contribution in [3.63, 3.8) is 0 Å². The Kier molecular flexibility index (Phi) is 3.80. The van der Waals surface area contributed by atoms with Gasteiger partial charge in [0.05, 0.1) is 12.1 Å². The topological polar surface area (TPSA) is 49.3 Å². The molecule has 0 saturated carbocycles. The molecular formula is C15H14FNO2. The molecule has 0 amide bonds. The van der Waals surface area contributed by atoms with Crippen LogP contribution >= 0.6 is 0 Å². The van der Waals surface area contributed by atoms with Crippen LogP contribution in [0.2, 0.25) is 0 Å². The van der Waals surface area contributed by atoms with Crippen LogP contribution in [0.3, 0.4) is 0 Å². The van der Waals surface area contributed by atoms with E-state index in [0.717, 1.165) is 11.3 Å². The van der Waals surface area contributed by atoms with Crippen molar-refractivity contribution < 1.29 is 14.3 Å². The highest BCUT2D eigenvalue weighted by atomic mass is 19.1. The standard InChI is InChI=1S/C15H14FNO2/c1-10-3-2-4-12(7-10)17-14-6-5-11(8-13(14)16)9-15(18)19/h2-8,17H,9H2,1H3,(H,18,19). The zero-order valence-electron chi connectivity index (χ0n) is 10.5. The Labute approximate surface area is 110 Å². The fourth-order valence-electron chi connectivity index (χ4n) is 1.82. The third-order valence-electron chi connectivity index (χ3n) is 2.69. The molecular weight excluding hydrogens is 245 g/mol. The SMILES string of the molecule is Cc1cccc(Nc2ccc(CC(=O)O)cc2F)c1. The maximum atomic E-state index is 13.8. The Morgan fingerprint density at radius 1 is 1.26 bits per heavy atom. The zero-order chi connectivity index (χ0) is 13.8. The molecule has 3 nitrogen and oxygen atoms in total. The van der Waals surface area contributed by atoms with Gasteiger partial charge in [-0.15, -0.1) is 0 Å². The van der Waals surface area contributed by atoms with Crippen LogP contribution in [0.4, 0.5) is 15.8 Å². The molecule has 2 aromatic rings. The van der Waals surface area contributed by atoms with Crippen molar-refractivity contribution in [2.75, 3.05) is 5.32 Å². The molecule has 2 N–H and O–H groups in total. The second-order valence-electron chi connectivity index (χ2n) is 4.38. The van der Waals surface area contributed by atoms with Crippen LogP contribution in [0.15, 0.2) is 42.5 Å². The van der Waals surface area contributed by atoms with Gasteiger partial charge in [0.15, 0.2) is 0 Å². The van der Waals surface area contributed by atoms with E-state index in [1.165, 1.54) is 6.07 Å². The summed E-state index contributed by atoms with van der Waals surface area (Å²) in [5.41, 5.74) is 2.65. The normalized spacial score (nSPS) is 10.2. The summed E-state index contributed by atoms with van der Waals surface area (Å²) >= 11 is 0. The average Bonchev–Trinajstić information content (AvgIpc) is 2.32. The molecule has 19 heavy (non-hydrogen) atoms. The van der Waals surface area contributed by atoms with E-state index in [9.17, 15) is 9.18 Å². The summed E-state index contributed by atoms with van der Waals surface area (Å²) < 4.78 is 13.8. The van der Waals surface area contributed by atoms with Gasteiger partial charge in [-0.2, -0.15) is 0 Å². The molecule has 98 valence electrons. The van der Waals surface area contributed by atoms with Gasteiger partial charge in [0.25, 0.3) is 0 Å². The van der Waals surface area contributed by atoms with E-state index in [1.54, 1.807) is 12.1 Å². The van der Waals surface area contributed by atoms with Gasteiger partial charge in [0.2, 0.25) is 0 Å². The fraction of sp³-hybridized carbons (Fsp3) is 0.133. The Morgan fingerprint density at radius 2 is 2.05 bits per heavy atom. The minimum absolute atomic E-state index is 0.179. The molecule has 0 atom stereocenters. The van der Waals surface area contributed by atoms with Crippen molar-refractivity contribution in [1.82, 2.24) is 0 Å². The molecule has 0 aliphatic rings. The number of carboxylic acid groups (broad SMARTS) is 1. The number of halogens is 1. The minimum atomic E-state index is -0.973. The Morgan fingerprint density at radius 3 is 2.68 bits per heavy atom. The van der Waals surface area contributed by atoms with Gasteiger partial charge >= 0.3 is 5.97 Å². The van der Waals surface area contributed by atoms with E-state index in [0.29, 0.717) is 11.3 Å². The summed E-state index contributed by atoms with van der Waals surface area (Å²) in [5.74, 6) is -1.43. The Hall–Kier alpha value is -2.36. The largest absolute Gasteiger partial charge is 0.481 e. The highest BCUT2D eigenvalue weighted by Crippen LogP contribution is 2.21. The highest BCUT2D eigenvalue weighted by molar-refractivity contribution is 5.71. The second-order valence-corrected chi connectivity index (χ2v) is 4.38. The first-order valence-electron chi connectivity index (χ1n) is 5.88. The van der Waals surface area contributed by atoms with E-state index in [2.05, 4.69) is 5.32 Å². The van der Waals surface area contributed by atoms with Crippen LogP contribution in [-0.2, 0) is 11.2 Å². The van der Waals surface area contributed by atoms with Crippen molar-refractivity contribution in [1.29, 1.82) is 0 Å². The van der Waals surface area contributed by atoms with Crippen LogP contribution < -0.4 is 5.32 Å². The van der Waals surface area contributed by atoms with Crippen LogP contribution in [0, 0.1) is 12.7 Å². The number of anilines is 2. The predicted octanol–water partition coefficient (Wildman–Crippen LogP) is 3.50. The number of hydrogen-bond donors (Lipinski definition) is 2. The number of hydrogen-bond acceptors (Lipinski definition) is 2. The lowest BCUT2D eigenvalue weighted by atomic mass is 10.1. The van der Waals surface area contributed by atoms with Crippen LogP contribution in [0.25, 0.3) is 0 Å². The zero-order valence-corrected chi connectivity index (χ0v) is 10.5. The van der Waals surface area contributed by atoms with Crippen LogP contribution in [-0.4, -0.2) is 11.1 Å². The summed E-state index contributed by atoms with van der Waals surface area (Å²) in [6.45, 7) is 1.96. The van der Waals surface area contributed by atoms with Crippen molar-refractivity contribution in [2.45, 2.75) is 13.3 Å². The number of aryl methyl sites for hydroxylation is 1. The molecule has 0 aliphatic heterocycles. The number of carboxylic acids is 1. The van der Waals surface area contributed by atoms with E-state index >= 15 is 0 Å². The molecule has 0 aromatic heterocycles. The number of nitrogens with one attached hydrogen (secondary N) is 1. The van der Waals surface area contributed by atoms with Gasteiger partial charge < -0.3 is 10.4 Å². The molecule has 2 aromatic carbocycles. The number of aliphatic carboxylic acids is 1. The molecule has 0 radical (unpaired) electrons. The minimum Gasteiger partial charge on any atom is -0.481 e. The Bertz CT molecular complexity index is 611. The molecule has 0 bridgehead atoms. The molecule has 0 aliphatic carbocycles. The van der Waals surface area contributed by atoms with E-state index < -0.39 is 11.8 Å². The first-order valence-corrected chi connectivity index (χ1v) is 5.88. The van der Waals surface area contributed by atoms with Crippen LogP contribution in [0.5, 0.6) is 0 Å². The van der Waals surface area contributed by atoms with Crippen molar-refractivity contribution in [2.24, 2.45) is 0 Å². The molecule has 0 heterocycles. The lowest BCUT2D eigenvalue weighted by molar-refractivity contribution is -0.136. The summed E-state index contributed by atoms with van der Waals surface area (Å²) in [7, 11) is 0. The molecule has 2 rings (SSSR count). The van der Waals surface area contributed by atoms with E-state index in [-0.39, 0.29) is 6.42 Å². The quantitative estimate of drug-likeness (QED) is 0.883. The number of benzene rings is 2. The van der Waals surface area contributed by atoms with Gasteiger partial charge in [-0.1, -0.05) is 18.2 Å². The molecule has 0 saturated heterocycles. The van der Waals surface area contributed by atoms with Crippen molar-refractivity contribution >= 4 is 17.3 Å². The highest BCUT2D eigenvalue weighted by Gasteiger charge is 2.06. The maximum absolute atomic E-state index is 13.8. The van der Waals surface area contributed by atoms with Crippen LogP contribution in [0.1, 0.15) is 11.1 Å². The predicted molar refractivity (Wildman–Crippen MR) is 72.2 cm³/mol. The summed E-state index contributed by atoms with van der Waals surface area (Å²) in [4.78, 5) is 10.6. The monoisotopic (exact) mass is 259 g/mol. The molecule has 0 spiro atoms. The van der Waals surface area contributed by atoms with E-state index in [4.69, 9.17) is 5.11 Å². The van der Waals surface area contributed by atoms with Gasteiger partial charge in [0, 0.05) is 5.69 Å². The number of carbonyl (C=O) groups is 1. The lowest BCUT2D eigenvalue weighted by Crippen LogP contribution is -2.01. The first-order chi connectivity index (χ1) is 9.04. The Balaban J connectivity index is 2.19. The average molecular weight is 259 g/mol. The van der Waals surface area contributed by atoms with Gasteiger partial charge in [-0.25, -0.2) is 4.39 Å². The van der Waals surface area contributed by atoms with Crippen molar-refractivity contribution in [3.05, 3.63) is 59.4 Å². The van der Waals surface area contributed by atoms with Gasteiger partial charge in [0.1, 0.15) is 5.82 Å². The third-order valence-corrected chi connectivity index (χ3v) is 2.69. The van der Waals surface area contributed by atoms with Gasteiger partial charge in [-0.3, -0.25) is 4.79 Å².